The van der Waals surface area contributed by atoms with Gasteiger partial charge in [0.25, 0.3) is 0 Å². The molecule has 1 aliphatic rings. The van der Waals surface area contributed by atoms with Crippen LogP contribution in [-0.2, 0) is 0 Å². The number of fused-ring (bicyclic) bond motifs is 2. The van der Waals surface area contributed by atoms with E-state index in [4.69, 9.17) is 4.42 Å². The largest absolute Gasteiger partial charge is 0.456 e. The van der Waals surface area contributed by atoms with Crippen molar-refractivity contribution in [1.82, 2.24) is 9.97 Å². The molecule has 0 saturated heterocycles. The molecule has 0 amide bonds. The lowest BCUT2D eigenvalue weighted by molar-refractivity contribution is 0.664. The van der Waals surface area contributed by atoms with Gasteiger partial charge in [-0.05, 0) is 75.5 Å². The van der Waals surface area contributed by atoms with Crippen LogP contribution in [0.5, 0.6) is 0 Å². The Morgan fingerprint density at radius 2 is 1.38 bits per heavy atom. The summed E-state index contributed by atoms with van der Waals surface area (Å²) < 4.78 is 6.75. The summed E-state index contributed by atoms with van der Waals surface area (Å²) in [4.78, 5) is 13.8. The van der Waals surface area contributed by atoms with E-state index >= 15 is 0 Å². The van der Waals surface area contributed by atoms with E-state index < -0.39 is 0 Å². The van der Waals surface area contributed by atoms with Gasteiger partial charge in [0.2, 0.25) is 0 Å². The lowest BCUT2D eigenvalue weighted by Crippen LogP contribution is -2.04. The topological polar surface area (TPSA) is 51.3 Å². The molecule has 0 aliphatic heterocycles. The van der Waals surface area contributed by atoms with Crippen LogP contribution in [0.4, 0.5) is 0 Å². The van der Waals surface area contributed by atoms with E-state index in [0.717, 1.165) is 88.1 Å². The van der Waals surface area contributed by atoms with E-state index in [1.165, 1.54) is 0 Å². The highest BCUT2D eigenvalue weighted by molar-refractivity contribution is 6.28. The number of benzene rings is 5. The zero-order valence-electron chi connectivity index (χ0n) is 23.0. The molecule has 0 unspecified atom stereocenters. The Balaban J connectivity index is 1.44. The van der Waals surface area contributed by atoms with E-state index in [1.54, 1.807) is 18.6 Å². The second-order valence-electron chi connectivity index (χ2n) is 10.4. The number of rotatable bonds is 3. The summed E-state index contributed by atoms with van der Waals surface area (Å²) in [7, 11) is 0. The van der Waals surface area contributed by atoms with Crippen LogP contribution in [0, 0.1) is 0 Å². The van der Waals surface area contributed by atoms with Crippen molar-refractivity contribution < 1.29 is 4.42 Å². The van der Waals surface area contributed by atoms with Crippen LogP contribution in [0.25, 0.3) is 71.2 Å². The minimum absolute atomic E-state index is 0.839. The molecule has 0 spiro atoms. The van der Waals surface area contributed by atoms with E-state index in [9.17, 15) is 0 Å². The van der Waals surface area contributed by atoms with Crippen LogP contribution < -0.4 is 0 Å². The third kappa shape index (κ3) is 3.59. The Morgan fingerprint density at radius 1 is 0.714 bits per heavy atom. The molecule has 198 valence electrons. The number of hydrogen-bond donors (Lipinski definition) is 0. The molecule has 4 nitrogen and oxygen atoms in total. The van der Waals surface area contributed by atoms with Crippen LogP contribution >= 0.6 is 0 Å². The van der Waals surface area contributed by atoms with Gasteiger partial charge in [0.05, 0.1) is 16.7 Å². The smallest absolute Gasteiger partial charge is 0.135 e. The SMILES string of the molecule is C=C1C(c2ccc3oc4ccc(-c5cccc6nccnc56)c5cccc(c6cccc2c36)c45)=CC=CC1=N/C=C\C. The van der Waals surface area contributed by atoms with Crippen molar-refractivity contribution in [1.29, 1.82) is 0 Å². The van der Waals surface area contributed by atoms with Gasteiger partial charge < -0.3 is 4.42 Å². The zero-order valence-corrected chi connectivity index (χ0v) is 23.0. The molecule has 42 heavy (non-hydrogen) atoms. The second-order valence-corrected chi connectivity index (χ2v) is 10.4. The average Bonchev–Trinajstić information content (AvgIpc) is 3.17. The molecule has 0 fully saturated rings. The normalized spacial score (nSPS) is 14.8. The monoisotopic (exact) mass is 539 g/mol. The van der Waals surface area contributed by atoms with Crippen molar-refractivity contribution in [2.24, 2.45) is 4.99 Å². The van der Waals surface area contributed by atoms with Gasteiger partial charge in [-0.2, -0.15) is 0 Å². The van der Waals surface area contributed by atoms with E-state index in [-0.39, 0.29) is 0 Å². The molecule has 0 radical (unpaired) electrons. The molecule has 0 N–H and O–H groups in total. The highest BCUT2D eigenvalue weighted by Crippen LogP contribution is 2.42. The fourth-order valence-corrected chi connectivity index (χ4v) is 6.27. The first-order chi connectivity index (χ1) is 20.7. The molecule has 8 rings (SSSR count). The molecule has 2 heterocycles. The van der Waals surface area contributed by atoms with Crippen molar-refractivity contribution >= 4 is 65.8 Å². The Labute approximate surface area is 242 Å². The molecular weight excluding hydrogens is 514 g/mol. The maximum absolute atomic E-state index is 6.75. The van der Waals surface area contributed by atoms with E-state index in [2.05, 4.69) is 94.3 Å². The molecule has 0 bridgehead atoms. The fourth-order valence-electron chi connectivity index (χ4n) is 6.27. The Kier molecular flexibility index (Phi) is 5.47. The van der Waals surface area contributed by atoms with Crippen molar-refractivity contribution in [3.05, 3.63) is 139 Å². The summed E-state index contributed by atoms with van der Waals surface area (Å²) in [6, 6.07) is 27.6. The highest BCUT2D eigenvalue weighted by atomic mass is 16.3. The molecule has 2 aromatic heterocycles. The predicted octanol–water partition coefficient (Wildman–Crippen LogP) is 9.99. The van der Waals surface area contributed by atoms with Crippen molar-refractivity contribution in [2.45, 2.75) is 6.92 Å². The minimum Gasteiger partial charge on any atom is -0.456 e. The predicted molar refractivity (Wildman–Crippen MR) is 176 cm³/mol. The first-order valence-corrected chi connectivity index (χ1v) is 14.0. The fraction of sp³-hybridized carbons (Fsp3) is 0.0263. The molecule has 0 atom stereocenters. The minimum atomic E-state index is 0.839. The maximum Gasteiger partial charge on any atom is 0.135 e. The summed E-state index contributed by atoms with van der Waals surface area (Å²) in [5.74, 6) is 0. The summed E-state index contributed by atoms with van der Waals surface area (Å²) in [5, 5.41) is 6.70. The van der Waals surface area contributed by atoms with Gasteiger partial charge in [0.15, 0.2) is 0 Å². The van der Waals surface area contributed by atoms with E-state index in [0.29, 0.717) is 0 Å². The summed E-state index contributed by atoms with van der Waals surface area (Å²) in [6.45, 7) is 6.37. The van der Waals surface area contributed by atoms with Crippen LogP contribution in [-0.4, -0.2) is 15.7 Å². The van der Waals surface area contributed by atoms with Crippen molar-refractivity contribution in [3.63, 3.8) is 0 Å². The lowest BCUT2D eigenvalue weighted by Gasteiger charge is -2.17. The Morgan fingerprint density at radius 3 is 2.14 bits per heavy atom. The Hall–Kier alpha value is -5.61. The van der Waals surface area contributed by atoms with Gasteiger partial charge in [0, 0.05) is 40.5 Å². The van der Waals surface area contributed by atoms with Crippen LogP contribution in [0.15, 0.2) is 143 Å². The van der Waals surface area contributed by atoms with Gasteiger partial charge >= 0.3 is 0 Å². The average molecular weight is 540 g/mol. The Bertz CT molecular complexity index is 2380. The summed E-state index contributed by atoms with van der Waals surface area (Å²) in [6.07, 6.45) is 13.4. The molecule has 7 aromatic rings. The van der Waals surface area contributed by atoms with Gasteiger partial charge in [-0.15, -0.1) is 0 Å². The quantitative estimate of drug-likeness (QED) is 0.224. The number of hydrogen-bond acceptors (Lipinski definition) is 4. The number of allylic oxidation sites excluding steroid dienone is 6. The number of para-hydroxylation sites is 1. The second kappa shape index (κ2) is 9.50. The van der Waals surface area contributed by atoms with Gasteiger partial charge in [-0.1, -0.05) is 79.4 Å². The summed E-state index contributed by atoms with van der Waals surface area (Å²) in [5.41, 5.74) is 9.53. The van der Waals surface area contributed by atoms with Crippen molar-refractivity contribution in [2.75, 3.05) is 0 Å². The molecule has 0 saturated carbocycles. The maximum atomic E-state index is 6.75. The van der Waals surface area contributed by atoms with Crippen LogP contribution in [0.1, 0.15) is 12.5 Å². The van der Waals surface area contributed by atoms with Gasteiger partial charge in [-0.3, -0.25) is 15.0 Å². The molecule has 4 heteroatoms. The van der Waals surface area contributed by atoms with Gasteiger partial charge in [-0.25, -0.2) is 0 Å². The summed E-state index contributed by atoms with van der Waals surface area (Å²) >= 11 is 0. The van der Waals surface area contributed by atoms with E-state index in [1.807, 2.05) is 37.3 Å². The number of aliphatic imine (C=N–C) groups is 1. The number of aromatic nitrogens is 2. The zero-order chi connectivity index (χ0) is 28.2. The first-order valence-electron chi connectivity index (χ1n) is 14.0. The third-order valence-electron chi connectivity index (χ3n) is 8.11. The van der Waals surface area contributed by atoms with Crippen LogP contribution in [0.2, 0.25) is 0 Å². The lowest BCUT2D eigenvalue weighted by atomic mass is 9.87. The highest BCUT2D eigenvalue weighted by Gasteiger charge is 2.19. The first kappa shape index (κ1) is 24.2. The molecule has 1 aliphatic carbocycles. The molecule has 5 aromatic carbocycles. The van der Waals surface area contributed by atoms with Crippen LogP contribution in [0.3, 0.4) is 0 Å². The van der Waals surface area contributed by atoms with Gasteiger partial charge in [0.1, 0.15) is 11.2 Å². The van der Waals surface area contributed by atoms with Crippen molar-refractivity contribution in [3.8, 4) is 11.1 Å². The number of nitrogens with zero attached hydrogens (tertiary/aromatic N) is 3. The third-order valence-corrected chi connectivity index (χ3v) is 8.11. The molecular formula is C38H25N3O. The standard InChI is InChI=1S/C38H25N3O/c1-3-20-39-32-14-6-8-24(23(32)2)25-16-18-34-36-27(25)9-4-11-29(36)30-12-5-10-28-26(17-19-35(42-34)37(28)30)31-13-7-15-33-38(31)41-22-21-40-33/h3-22H,2H2,1H3/b20-3-,39-32?.